The molecule has 1 fully saturated rings. The SMILES string of the molecule is CC(C)n1c(=O)n(-c2cccc(OC(F)F)c2)c2cnc(C(=O)NC3(C)CCS(O)(O)CC3)cc21. The molecule has 0 radical (unpaired) electrons. The Hall–Kier alpha value is -2.96. The maximum Gasteiger partial charge on any atom is 0.387 e. The molecule has 35 heavy (non-hydrogen) atoms. The van der Waals surface area contributed by atoms with E-state index in [4.69, 9.17) is 0 Å². The van der Waals surface area contributed by atoms with Gasteiger partial charge >= 0.3 is 12.3 Å². The lowest BCUT2D eigenvalue weighted by molar-refractivity contribution is -0.0498. The lowest BCUT2D eigenvalue weighted by Gasteiger charge is -2.44. The molecule has 3 N–H and O–H groups in total. The van der Waals surface area contributed by atoms with E-state index in [0.717, 1.165) is 0 Å². The lowest BCUT2D eigenvalue weighted by atomic mass is 9.94. The molecule has 1 aromatic carbocycles. The number of carbonyl (C=O) groups is 1. The second kappa shape index (κ2) is 9.25. The summed E-state index contributed by atoms with van der Waals surface area (Å²) in [5, 5.41) is 2.95. The molecule has 9 nitrogen and oxygen atoms in total. The summed E-state index contributed by atoms with van der Waals surface area (Å²) < 4.78 is 52.4. The third kappa shape index (κ3) is 5.19. The highest BCUT2D eigenvalue weighted by molar-refractivity contribution is 8.24. The van der Waals surface area contributed by atoms with Crippen LogP contribution in [-0.4, -0.2) is 52.8 Å². The van der Waals surface area contributed by atoms with Gasteiger partial charge in [-0.25, -0.2) is 9.78 Å². The van der Waals surface area contributed by atoms with Gasteiger partial charge in [0, 0.05) is 29.2 Å². The van der Waals surface area contributed by atoms with Crippen LogP contribution in [0.2, 0.25) is 0 Å². The van der Waals surface area contributed by atoms with Crippen LogP contribution in [0.5, 0.6) is 5.75 Å². The molecule has 190 valence electrons. The van der Waals surface area contributed by atoms with Gasteiger partial charge < -0.3 is 10.1 Å². The van der Waals surface area contributed by atoms with Gasteiger partial charge in [0.15, 0.2) is 0 Å². The number of carbonyl (C=O) groups excluding carboxylic acids is 1. The first-order valence-corrected chi connectivity index (χ1v) is 13.0. The fraction of sp³-hybridized carbons (Fsp3) is 0.435. The summed E-state index contributed by atoms with van der Waals surface area (Å²) >= 11 is 0. The van der Waals surface area contributed by atoms with Gasteiger partial charge in [0.2, 0.25) is 0 Å². The Balaban J connectivity index is 1.72. The van der Waals surface area contributed by atoms with E-state index >= 15 is 0 Å². The molecule has 4 rings (SSSR count). The van der Waals surface area contributed by atoms with E-state index in [1.807, 2.05) is 20.8 Å². The van der Waals surface area contributed by atoms with Crippen LogP contribution in [0.4, 0.5) is 8.78 Å². The molecule has 0 saturated carbocycles. The summed E-state index contributed by atoms with van der Waals surface area (Å²) in [5.74, 6) is -0.0764. The predicted molar refractivity (Wildman–Crippen MR) is 130 cm³/mol. The molecule has 0 unspecified atom stereocenters. The Bertz CT molecular complexity index is 1310. The van der Waals surface area contributed by atoms with E-state index in [9.17, 15) is 27.5 Å². The first kappa shape index (κ1) is 25.1. The van der Waals surface area contributed by atoms with Gasteiger partial charge in [-0.2, -0.15) is 19.4 Å². The summed E-state index contributed by atoms with van der Waals surface area (Å²) in [6.45, 7) is 2.50. The highest BCUT2D eigenvalue weighted by Gasteiger charge is 2.35. The van der Waals surface area contributed by atoms with Gasteiger partial charge in [0.05, 0.1) is 22.9 Å². The average molecular weight is 511 g/mol. The Morgan fingerprint density at radius 3 is 2.51 bits per heavy atom. The van der Waals surface area contributed by atoms with Gasteiger partial charge in [-0.3, -0.25) is 23.0 Å². The van der Waals surface area contributed by atoms with Crippen molar-refractivity contribution < 1.29 is 27.4 Å². The predicted octanol–water partition coefficient (Wildman–Crippen LogP) is 4.40. The minimum absolute atomic E-state index is 0.0869. The van der Waals surface area contributed by atoms with Gasteiger partial charge in [-0.05, 0) is 51.8 Å². The van der Waals surface area contributed by atoms with Crippen LogP contribution in [-0.2, 0) is 0 Å². The minimum atomic E-state index is -3.00. The van der Waals surface area contributed by atoms with Crippen molar-refractivity contribution in [3.63, 3.8) is 0 Å². The fourth-order valence-corrected chi connectivity index (χ4v) is 6.01. The molecule has 1 aliphatic rings. The zero-order valence-corrected chi connectivity index (χ0v) is 20.4. The van der Waals surface area contributed by atoms with Crippen molar-refractivity contribution >= 4 is 27.5 Å². The van der Waals surface area contributed by atoms with E-state index < -0.39 is 34.3 Å². The number of ether oxygens (including phenoxy) is 1. The average Bonchev–Trinajstić information content (AvgIpc) is 3.07. The fourth-order valence-electron chi connectivity index (χ4n) is 4.26. The molecule has 1 saturated heterocycles. The smallest absolute Gasteiger partial charge is 0.387 e. The quantitative estimate of drug-likeness (QED) is 0.452. The van der Waals surface area contributed by atoms with Crippen molar-refractivity contribution in [2.24, 2.45) is 0 Å². The molecule has 1 amide bonds. The van der Waals surface area contributed by atoms with E-state index in [1.54, 1.807) is 6.07 Å². The number of imidazole rings is 1. The topological polar surface area (TPSA) is 119 Å². The monoisotopic (exact) mass is 510 g/mol. The Kier molecular flexibility index (Phi) is 6.64. The summed E-state index contributed by atoms with van der Waals surface area (Å²) in [4.78, 5) is 30.7. The first-order valence-electron chi connectivity index (χ1n) is 11.1. The third-order valence-electron chi connectivity index (χ3n) is 6.19. The number of fused-ring (bicyclic) bond motifs is 1. The molecule has 2 aromatic heterocycles. The van der Waals surface area contributed by atoms with Gasteiger partial charge in [-0.1, -0.05) is 6.07 Å². The zero-order chi connectivity index (χ0) is 25.5. The number of pyridine rings is 1. The van der Waals surface area contributed by atoms with Crippen molar-refractivity contribution in [1.82, 2.24) is 19.4 Å². The van der Waals surface area contributed by atoms with Crippen molar-refractivity contribution in [3.05, 3.63) is 52.7 Å². The number of benzene rings is 1. The minimum Gasteiger partial charge on any atom is -0.435 e. The molecule has 12 heteroatoms. The van der Waals surface area contributed by atoms with Crippen molar-refractivity contribution in [1.29, 1.82) is 0 Å². The molecular formula is C23H28F2N4O5S. The summed E-state index contributed by atoms with van der Waals surface area (Å²) in [5.41, 5.74) is 0.292. The number of hydrogen-bond acceptors (Lipinski definition) is 6. The van der Waals surface area contributed by atoms with Crippen LogP contribution in [0.3, 0.4) is 0 Å². The first-order chi connectivity index (χ1) is 16.4. The number of nitrogens with zero attached hydrogens (tertiary/aromatic N) is 3. The maximum atomic E-state index is 13.3. The number of halogens is 2. The molecule has 1 aliphatic heterocycles. The molecule has 0 spiro atoms. The second-order valence-electron chi connectivity index (χ2n) is 9.24. The van der Waals surface area contributed by atoms with Crippen molar-refractivity contribution in [2.45, 2.75) is 51.8 Å². The van der Waals surface area contributed by atoms with Crippen LogP contribution < -0.4 is 15.7 Å². The lowest BCUT2D eigenvalue weighted by Crippen LogP contribution is -2.50. The van der Waals surface area contributed by atoms with Crippen molar-refractivity contribution in [2.75, 3.05) is 11.5 Å². The number of rotatable bonds is 6. The molecule has 3 heterocycles. The number of hydrogen-bond donors (Lipinski definition) is 3. The summed E-state index contributed by atoms with van der Waals surface area (Å²) in [6.07, 6.45) is 2.26. The van der Waals surface area contributed by atoms with Gasteiger partial charge in [0.1, 0.15) is 11.4 Å². The van der Waals surface area contributed by atoms with Crippen LogP contribution in [0, 0.1) is 0 Å². The highest BCUT2D eigenvalue weighted by Crippen LogP contribution is 2.46. The molecule has 0 bridgehead atoms. The standard InChI is InChI=1S/C23H28F2N4O5S/c1-14(2)28-18-12-17(20(30)27-23(3)7-9-35(32,33)10-8-23)26-13-19(18)29(22(28)31)15-5-4-6-16(11-15)34-21(24)25/h4-6,11-14,21,32-33H,7-10H2,1-3H3,(H,27,30). The maximum absolute atomic E-state index is 13.3. The number of amides is 1. The normalized spacial score (nSPS) is 18.1. The summed E-state index contributed by atoms with van der Waals surface area (Å²) in [6, 6.07) is 7.08. The van der Waals surface area contributed by atoms with Crippen LogP contribution in [0.15, 0.2) is 41.3 Å². The highest BCUT2D eigenvalue weighted by atomic mass is 32.3. The molecular weight excluding hydrogens is 482 g/mol. The van der Waals surface area contributed by atoms with E-state index in [1.165, 1.54) is 39.6 Å². The van der Waals surface area contributed by atoms with E-state index in [-0.39, 0.29) is 29.0 Å². The van der Waals surface area contributed by atoms with Crippen LogP contribution >= 0.6 is 10.6 Å². The molecule has 0 aliphatic carbocycles. The Morgan fingerprint density at radius 2 is 1.89 bits per heavy atom. The molecule has 3 aromatic rings. The summed E-state index contributed by atoms with van der Waals surface area (Å²) in [7, 11) is -2.59. The van der Waals surface area contributed by atoms with E-state index in [0.29, 0.717) is 29.6 Å². The number of alkyl halides is 2. The Labute approximate surface area is 202 Å². The third-order valence-corrected chi connectivity index (χ3v) is 7.90. The number of aromatic nitrogens is 3. The van der Waals surface area contributed by atoms with E-state index in [2.05, 4.69) is 15.0 Å². The van der Waals surface area contributed by atoms with Crippen LogP contribution in [0.1, 0.15) is 50.1 Å². The zero-order valence-electron chi connectivity index (χ0n) is 19.6. The Morgan fingerprint density at radius 1 is 1.20 bits per heavy atom. The molecule has 0 atom stereocenters. The van der Waals surface area contributed by atoms with Crippen LogP contribution in [0.25, 0.3) is 16.7 Å². The van der Waals surface area contributed by atoms with Gasteiger partial charge in [0.25, 0.3) is 5.91 Å². The largest absolute Gasteiger partial charge is 0.435 e. The van der Waals surface area contributed by atoms with Gasteiger partial charge in [-0.15, -0.1) is 0 Å². The number of nitrogens with one attached hydrogen (secondary N) is 1. The second-order valence-corrected chi connectivity index (χ2v) is 11.7. The van der Waals surface area contributed by atoms with Crippen molar-refractivity contribution in [3.8, 4) is 11.4 Å².